The van der Waals surface area contributed by atoms with Gasteiger partial charge in [-0.3, -0.25) is 9.71 Å². The topological polar surface area (TPSA) is 113 Å². The zero-order valence-electron chi connectivity index (χ0n) is 26.5. The lowest BCUT2D eigenvalue weighted by molar-refractivity contribution is 0.0240. The first kappa shape index (κ1) is 32.7. The molecule has 0 radical (unpaired) electrons. The van der Waals surface area contributed by atoms with E-state index >= 15 is 4.39 Å². The molecule has 11 nitrogen and oxygen atoms in total. The summed E-state index contributed by atoms with van der Waals surface area (Å²) in [7, 11) is -3.95. The number of pyridine rings is 1. The first-order valence-corrected chi connectivity index (χ1v) is 17.3. The molecule has 4 heterocycles. The summed E-state index contributed by atoms with van der Waals surface area (Å²) >= 11 is 6.44. The molecule has 0 atom stereocenters. The standard InChI is InChI=1S/C33H37ClFN7O4S/c1-33(2,3)46-32(43)40-18-16-39(17-19-40)25-6-8-26(9-7-25)42-22-28(31(37-42)23-10-12-36-13-11-23)27-20-24(34)21-29(30(27)35)38-47(44,45)41-14-4-5-15-41/h6-13,20-22,38H,4-5,14-19H2,1-3H3. The molecule has 2 aliphatic rings. The fourth-order valence-electron chi connectivity index (χ4n) is 5.71. The molecule has 2 saturated heterocycles. The molecule has 47 heavy (non-hydrogen) atoms. The lowest BCUT2D eigenvalue weighted by Crippen LogP contribution is -2.50. The number of carbonyl (C=O) groups excluding carboxylic acids is 1. The Hall–Kier alpha value is -4.20. The molecule has 2 aromatic carbocycles. The van der Waals surface area contributed by atoms with Gasteiger partial charge in [0.15, 0.2) is 5.82 Å². The van der Waals surface area contributed by atoms with E-state index in [-0.39, 0.29) is 22.4 Å². The van der Waals surface area contributed by atoms with Gasteiger partial charge in [-0.15, -0.1) is 0 Å². The maximum absolute atomic E-state index is 16.2. The Morgan fingerprint density at radius 2 is 1.55 bits per heavy atom. The number of halogens is 2. The molecule has 2 aromatic heterocycles. The summed E-state index contributed by atoms with van der Waals surface area (Å²) < 4.78 is 53.0. The average molecular weight is 682 g/mol. The summed E-state index contributed by atoms with van der Waals surface area (Å²) in [5, 5.41) is 5.00. The Morgan fingerprint density at radius 3 is 2.19 bits per heavy atom. The number of hydrogen-bond donors (Lipinski definition) is 1. The highest BCUT2D eigenvalue weighted by Crippen LogP contribution is 2.38. The number of ether oxygens (including phenoxy) is 1. The zero-order chi connectivity index (χ0) is 33.3. The minimum Gasteiger partial charge on any atom is -0.444 e. The summed E-state index contributed by atoms with van der Waals surface area (Å²) in [6.45, 7) is 8.75. The van der Waals surface area contributed by atoms with Crippen molar-refractivity contribution in [2.24, 2.45) is 0 Å². The number of carbonyl (C=O) groups is 1. The molecule has 4 aromatic rings. The average Bonchev–Trinajstić information content (AvgIpc) is 3.74. The van der Waals surface area contributed by atoms with Gasteiger partial charge in [-0.2, -0.15) is 17.8 Å². The van der Waals surface area contributed by atoms with E-state index in [4.69, 9.17) is 21.4 Å². The van der Waals surface area contributed by atoms with E-state index in [1.54, 1.807) is 40.3 Å². The molecule has 6 rings (SSSR count). The van der Waals surface area contributed by atoms with Crippen molar-refractivity contribution in [3.63, 3.8) is 0 Å². The van der Waals surface area contributed by atoms with E-state index in [1.807, 2.05) is 45.0 Å². The molecule has 0 saturated carbocycles. The van der Waals surface area contributed by atoms with Crippen LogP contribution in [0, 0.1) is 5.82 Å². The number of aromatic nitrogens is 3. The smallest absolute Gasteiger partial charge is 0.410 e. The van der Waals surface area contributed by atoms with Crippen molar-refractivity contribution < 1.29 is 22.3 Å². The number of benzene rings is 2. The van der Waals surface area contributed by atoms with Crippen LogP contribution in [0.5, 0.6) is 0 Å². The van der Waals surface area contributed by atoms with Gasteiger partial charge in [-0.25, -0.2) is 13.9 Å². The van der Waals surface area contributed by atoms with Crippen LogP contribution >= 0.6 is 11.6 Å². The molecule has 0 bridgehead atoms. The summed E-state index contributed by atoms with van der Waals surface area (Å²) in [6, 6.07) is 14.1. The second-order valence-corrected chi connectivity index (χ2v) is 14.7. The predicted molar refractivity (Wildman–Crippen MR) is 181 cm³/mol. The number of anilines is 2. The van der Waals surface area contributed by atoms with Crippen molar-refractivity contribution in [3.05, 3.63) is 78.0 Å². The maximum atomic E-state index is 16.2. The van der Waals surface area contributed by atoms with E-state index in [0.717, 1.165) is 24.2 Å². The van der Waals surface area contributed by atoms with Crippen molar-refractivity contribution in [2.75, 3.05) is 48.9 Å². The number of amides is 1. The minimum atomic E-state index is -3.95. The third-order valence-electron chi connectivity index (χ3n) is 8.05. The molecule has 248 valence electrons. The largest absolute Gasteiger partial charge is 0.444 e. The highest BCUT2D eigenvalue weighted by Gasteiger charge is 2.29. The third-order valence-corrected chi connectivity index (χ3v) is 9.79. The summed E-state index contributed by atoms with van der Waals surface area (Å²) in [5.41, 5.74) is 2.67. The van der Waals surface area contributed by atoms with Crippen molar-refractivity contribution in [1.29, 1.82) is 0 Å². The Balaban J connectivity index is 1.28. The molecule has 1 amide bonds. The van der Waals surface area contributed by atoms with Crippen LogP contribution in [0.15, 0.2) is 67.1 Å². The van der Waals surface area contributed by atoms with Crippen LogP contribution < -0.4 is 9.62 Å². The SMILES string of the molecule is CC(C)(C)OC(=O)N1CCN(c2ccc(-n3cc(-c4cc(Cl)cc(NS(=O)(=O)N5CCCC5)c4F)c(-c4ccncc4)n3)cc2)CC1. The second-order valence-electron chi connectivity index (χ2n) is 12.6. The Morgan fingerprint density at radius 1 is 0.915 bits per heavy atom. The Bertz CT molecular complexity index is 1850. The van der Waals surface area contributed by atoms with Crippen molar-refractivity contribution in [1.82, 2.24) is 24.0 Å². The number of piperazine rings is 1. The monoisotopic (exact) mass is 681 g/mol. The predicted octanol–water partition coefficient (Wildman–Crippen LogP) is 6.20. The summed E-state index contributed by atoms with van der Waals surface area (Å²) in [5.74, 6) is -0.757. The van der Waals surface area contributed by atoms with E-state index in [2.05, 4.69) is 14.6 Å². The fraction of sp³-hybridized carbons (Fsp3) is 0.364. The van der Waals surface area contributed by atoms with Crippen LogP contribution in [0.3, 0.4) is 0 Å². The first-order chi connectivity index (χ1) is 22.4. The number of hydrogen-bond acceptors (Lipinski definition) is 7. The van der Waals surface area contributed by atoms with Crippen molar-refractivity contribution in [3.8, 4) is 28.1 Å². The highest BCUT2D eigenvalue weighted by molar-refractivity contribution is 7.90. The number of nitrogens with zero attached hydrogens (tertiary/aromatic N) is 6. The molecule has 2 aliphatic heterocycles. The van der Waals surface area contributed by atoms with Crippen molar-refractivity contribution in [2.45, 2.75) is 39.2 Å². The van der Waals surface area contributed by atoms with Gasteiger partial charge in [0.1, 0.15) is 11.3 Å². The van der Waals surface area contributed by atoms with E-state index in [9.17, 15) is 13.2 Å². The van der Waals surface area contributed by atoms with Gasteiger partial charge < -0.3 is 14.5 Å². The lowest BCUT2D eigenvalue weighted by Gasteiger charge is -2.36. The van der Waals surface area contributed by atoms with Gasteiger partial charge in [0.25, 0.3) is 0 Å². The zero-order valence-corrected chi connectivity index (χ0v) is 28.1. The van der Waals surface area contributed by atoms with Gasteiger partial charge in [0, 0.05) is 85.3 Å². The normalized spacial score (nSPS) is 16.0. The van der Waals surface area contributed by atoms with E-state index in [1.165, 1.54) is 16.4 Å². The Kier molecular flexibility index (Phi) is 9.14. The Labute approximate surface area is 279 Å². The van der Waals surface area contributed by atoms with Gasteiger partial charge in [-0.05, 0) is 82.1 Å². The molecular formula is C33H37ClFN7O4S. The lowest BCUT2D eigenvalue weighted by atomic mass is 10.0. The molecule has 1 N–H and O–H groups in total. The fourth-order valence-corrected chi connectivity index (χ4v) is 7.22. The van der Waals surface area contributed by atoms with Gasteiger partial charge in [0.2, 0.25) is 0 Å². The molecule has 2 fully saturated rings. The molecule has 0 spiro atoms. The van der Waals surface area contributed by atoms with E-state index < -0.39 is 21.6 Å². The van der Waals surface area contributed by atoms with Crippen LogP contribution in [-0.4, -0.2) is 83.4 Å². The number of nitrogens with one attached hydrogen (secondary N) is 1. The quantitative estimate of drug-likeness (QED) is 0.247. The third kappa shape index (κ3) is 7.37. The summed E-state index contributed by atoms with van der Waals surface area (Å²) in [6.07, 6.45) is 6.16. The molecule has 0 aliphatic carbocycles. The van der Waals surface area contributed by atoms with Gasteiger partial charge >= 0.3 is 16.3 Å². The van der Waals surface area contributed by atoms with Gasteiger partial charge in [-0.1, -0.05) is 11.6 Å². The van der Waals surface area contributed by atoms with Crippen LogP contribution in [0.25, 0.3) is 28.1 Å². The molecule has 0 unspecified atom stereocenters. The first-order valence-electron chi connectivity index (χ1n) is 15.5. The van der Waals surface area contributed by atoms with Crippen LogP contribution in [0.1, 0.15) is 33.6 Å². The van der Waals surface area contributed by atoms with Crippen LogP contribution in [0.4, 0.5) is 20.6 Å². The maximum Gasteiger partial charge on any atom is 0.410 e. The minimum absolute atomic E-state index is 0.106. The summed E-state index contributed by atoms with van der Waals surface area (Å²) in [4.78, 5) is 20.5. The van der Waals surface area contributed by atoms with E-state index in [0.29, 0.717) is 56.1 Å². The molecule has 14 heteroatoms. The van der Waals surface area contributed by atoms with Crippen LogP contribution in [-0.2, 0) is 14.9 Å². The molecular weight excluding hydrogens is 645 g/mol. The second kappa shape index (κ2) is 13.1. The number of rotatable bonds is 7. The van der Waals surface area contributed by atoms with Gasteiger partial charge in [0.05, 0.1) is 11.4 Å². The van der Waals surface area contributed by atoms with Crippen molar-refractivity contribution >= 4 is 39.3 Å². The highest BCUT2D eigenvalue weighted by atomic mass is 35.5. The van der Waals surface area contributed by atoms with Crippen LogP contribution in [0.2, 0.25) is 5.02 Å².